The maximum atomic E-state index is 12.9. The van der Waals surface area contributed by atoms with Gasteiger partial charge < -0.3 is 20.1 Å². The van der Waals surface area contributed by atoms with Gasteiger partial charge in [0.15, 0.2) is 0 Å². The molecular formula is C21H21N3O4. The van der Waals surface area contributed by atoms with Gasteiger partial charge in [0.2, 0.25) is 5.91 Å². The standard InChI is InChI=1S/C21H21N3O4/c1-12-17(10-14-9-16(27-3)6-7-18(14)22-12)21(26)24-19-11-15(23-13(2)25)5-8-20(19)28-4/h5-11H,1-4H3,(H,23,25)(H,24,26). The van der Waals surface area contributed by atoms with Crippen LogP contribution in [0.25, 0.3) is 10.9 Å². The zero-order chi connectivity index (χ0) is 20.3. The van der Waals surface area contributed by atoms with Crippen molar-refractivity contribution < 1.29 is 19.1 Å². The molecule has 1 aromatic heterocycles. The van der Waals surface area contributed by atoms with Crippen LogP contribution < -0.4 is 20.1 Å². The molecule has 2 N–H and O–H groups in total. The van der Waals surface area contributed by atoms with Gasteiger partial charge in [0.25, 0.3) is 5.91 Å². The fraction of sp³-hybridized carbons (Fsp3) is 0.190. The molecule has 0 saturated heterocycles. The Morgan fingerprint density at radius 2 is 1.75 bits per heavy atom. The van der Waals surface area contributed by atoms with Crippen LogP contribution in [0.15, 0.2) is 42.5 Å². The van der Waals surface area contributed by atoms with E-state index in [9.17, 15) is 9.59 Å². The molecule has 0 saturated carbocycles. The first-order valence-electron chi connectivity index (χ1n) is 8.63. The van der Waals surface area contributed by atoms with Gasteiger partial charge in [0.05, 0.1) is 36.7 Å². The normalized spacial score (nSPS) is 10.4. The summed E-state index contributed by atoms with van der Waals surface area (Å²) in [7, 11) is 3.10. The monoisotopic (exact) mass is 379 g/mol. The van der Waals surface area contributed by atoms with E-state index in [0.29, 0.717) is 34.1 Å². The molecule has 144 valence electrons. The van der Waals surface area contributed by atoms with Gasteiger partial charge in [-0.25, -0.2) is 0 Å². The maximum absolute atomic E-state index is 12.9. The summed E-state index contributed by atoms with van der Waals surface area (Å²) in [6, 6.07) is 12.3. The minimum absolute atomic E-state index is 0.203. The van der Waals surface area contributed by atoms with Gasteiger partial charge in [-0.15, -0.1) is 0 Å². The smallest absolute Gasteiger partial charge is 0.257 e. The molecule has 0 radical (unpaired) electrons. The number of pyridine rings is 1. The number of ether oxygens (including phenoxy) is 2. The third-order valence-electron chi connectivity index (χ3n) is 4.23. The molecule has 28 heavy (non-hydrogen) atoms. The number of aromatic nitrogens is 1. The van der Waals surface area contributed by atoms with E-state index in [4.69, 9.17) is 9.47 Å². The van der Waals surface area contributed by atoms with Crippen LogP contribution in [0.5, 0.6) is 11.5 Å². The van der Waals surface area contributed by atoms with E-state index in [1.165, 1.54) is 14.0 Å². The van der Waals surface area contributed by atoms with E-state index < -0.39 is 0 Å². The number of hydrogen-bond donors (Lipinski definition) is 2. The minimum atomic E-state index is -0.326. The lowest BCUT2D eigenvalue weighted by Gasteiger charge is -2.14. The van der Waals surface area contributed by atoms with Gasteiger partial charge in [-0.2, -0.15) is 0 Å². The topological polar surface area (TPSA) is 89.5 Å². The average Bonchev–Trinajstić information content (AvgIpc) is 2.66. The number of benzene rings is 2. The number of methoxy groups -OCH3 is 2. The van der Waals surface area contributed by atoms with E-state index in [0.717, 1.165) is 10.9 Å². The van der Waals surface area contributed by atoms with Crippen LogP contribution in [0.4, 0.5) is 11.4 Å². The summed E-state index contributed by atoms with van der Waals surface area (Å²) in [5.74, 6) is 0.642. The van der Waals surface area contributed by atoms with Gasteiger partial charge in [-0.1, -0.05) is 0 Å². The Balaban J connectivity index is 1.96. The molecule has 2 aromatic carbocycles. The lowest BCUT2D eigenvalue weighted by molar-refractivity contribution is -0.114. The van der Waals surface area contributed by atoms with Crippen LogP contribution in [0.3, 0.4) is 0 Å². The predicted octanol–water partition coefficient (Wildman–Crippen LogP) is 3.77. The van der Waals surface area contributed by atoms with Crippen molar-refractivity contribution in [3.8, 4) is 11.5 Å². The predicted molar refractivity (Wildman–Crippen MR) is 108 cm³/mol. The van der Waals surface area contributed by atoms with E-state index >= 15 is 0 Å². The number of aryl methyl sites for hydroxylation is 1. The molecule has 0 atom stereocenters. The van der Waals surface area contributed by atoms with Crippen molar-refractivity contribution in [2.24, 2.45) is 0 Å². The van der Waals surface area contributed by atoms with Crippen LogP contribution in [-0.4, -0.2) is 31.0 Å². The fourth-order valence-electron chi connectivity index (χ4n) is 2.88. The zero-order valence-electron chi connectivity index (χ0n) is 16.1. The average molecular weight is 379 g/mol. The summed E-state index contributed by atoms with van der Waals surface area (Å²) in [6.45, 7) is 3.20. The highest BCUT2D eigenvalue weighted by molar-refractivity contribution is 6.08. The highest BCUT2D eigenvalue weighted by Gasteiger charge is 2.15. The molecule has 0 bridgehead atoms. The largest absolute Gasteiger partial charge is 0.497 e. The quantitative estimate of drug-likeness (QED) is 0.704. The van der Waals surface area contributed by atoms with E-state index in [-0.39, 0.29) is 11.8 Å². The highest BCUT2D eigenvalue weighted by Crippen LogP contribution is 2.29. The van der Waals surface area contributed by atoms with Crippen LogP contribution in [0, 0.1) is 6.92 Å². The van der Waals surface area contributed by atoms with Gasteiger partial charge in [0.1, 0.15) is 11.5 Å². The number of carbonyl (C=O) groups excluding carboxylic acids is 2. The second kappa shape index (κ2) is 7.96. The summed E-state index contributed by atoms with van der Waals surface area (Å²) in [4.78, 5) is 28.7. The van der Waals surface area contributed by atoms with Crippen molar-refractivity contribution in [2.45, 2.75) is 13.8 Å². The fourth-order valence-corrected chi connectivity index (χ4v) is 2.88. The first-order valence-corrected chi connectivity index (χ1v) is 8.63. The second-order valence-corrected chi connectivity index (χ2v) is 6.23. The molecule has 0 aliphatic heterocycles. The van der Waals surface area contributed by atoms with Crippen molar-refractivity contribution in [1.82, 2.24) is 4.98 Å². The Morgan fingerprint density at radius 3 is 2.43 bits per heavy atom. The van der Waals surface area contributed by atoms with E-state index in [2.05, 4.69) is 15.6 Å². The van der Waals surface area contributed by atoms with Crippen molar-refractivity contribution >= 4 is 34.1 Å². The SMILES string of the molecule is COc1ccc2nc(C)c(C(=O)Nc3cc(NC(C)=O)ccc3OC)cc2c1. The number of fused-ring (bicyclic) bond motifs is 1. The number of hydrogen-bond acceptors (Lipinski definition) is 5. The molecular weight excluding hydrogens is 358 g/mol. The second-order valence-electron chi connectivity index (χ2n) is 6.23. The third-order valence-corrected chi connectivity index (χ3v) is 4.23. The number of amides is 2. The summed E-state index contributed by atoms with van der Waals surface area (Å²) in [5, 5.41) is 6.32. The van der Waals surface area contributed by atoms with Gasteiger partial charge in [-0.3, -0.25) is 14.6 Å². The molecule has 7 nitrogen and oxygen atoms in total. The molecule has 3 aromatic rings. The number of anilines is 2. The third kappa shape index (κ3) is 4.03. The van der Waals surface area contributed by atoms with Crippen LogP contribution in [0.2, 0.25) is 0 Å². The number of nitrogens with zero attached hydrogens (tertiary/aromatic N) is 1. The Bertz CT molecular complexity index is 1060. The molecule has 3 rings (SSSR count). The first kappa shape index (κ1) is 19.2. The lowest BCUT2D eigenvalue weighted by atomic mass is 10.1. The summed E-state index contributed by atoms with van der Waals surface area (Å²) in [5.41, 5.74) is 2.82. The molecule has 1 heterocycles. The Hall–Kier alpha value is -3.61. The van der Waals surface area contributed by atoms with Crippen molar-refractivity contribution in [2.75, 3.05) is 24.9 Å². The van der Waals surface area contributed by atoms with Crippen LogP contribution >= 0.6 is 0 Å². The van der Waals surface area contributed by atoms with E-state index in [1.54, 1.807) is 38.3 Å². The van der Waals surface area contributed by atoms with Crippen molar-refractivity contribution in [3.05, 3.63) is 53.7 Å². The minimum Gasteiger partial charge on any atom is -0.497 e. The van der Waals surface area contributed by atoms with Crippen LogP contribution in [-0.2, 0) is 4.79 Å². The molecule has 0 unspecified atom stereocenters. The molecule has 7 heteroatoms. The molecule has 0 fully saturated rings. The first-order chi connectivity index (χ1) is 13.4. The van der Waals surface area contributed by atoms with Crippen LogP contribution in [0.1, 0.15) is 23.0 Å². The summed E-state index contributed by atoms with van der Waals surface area (Å²) >= 11 is 0. The summed E-state index contributed by atoms with van der Waals surface area (Å²) < 4.78 is 10.6. The number of carbonyl (C=O) groups is 2. The Morgan fingerprint density at radius 1 is 0.964 bits per heavy atom. The van der Waals surface area contributed by atoms with Gasteiger partial charge >= 0.3 is 0 Å². The van der Waals surface area contributed by atoms with E-state index in [1.807, 2.05) is 18.2 Å². The Kier molecular flexibility index (Phi) is 5.44. The summed E-state index contributed by atoms with van der Waals surface area (Å²) in [6.07, 6.45) is 0. The maximum Gasteiger partial charge on any atom is 0.257 e. The molecule has 0 aliphatic carbocycles. The molecule has 0 spiro atoms. The Labute approximate surface area is 162 Å². The van der Waals surface area contributed by atoms with Gasteiger partial charge in [-0.05, 0) is 49.4 Å². The van der Waals surface area contributed by atoms with Crippen molar-refractivity contribution in [1.29, 1.82) is 0 Å². The number of rotatable bonds is 5. The van der Waals surface area contributed by atoms with Gasteiger partial charge in [0, 0.05) is 18.0 Å². The molecule has 2 amide bonds. The zero-order valence-corrected chi connectivity index (χ0v) is 16.1. The number of nitrogens with one attached hydrogen (secondary N) is 2. The van der Waals surface area contributed by atoms with Crippen molar-refractivity contribution in [3.63, 3.8) is 0 Å². The molecule has 0 aliphatic rings. The lowest BCUT2D eigenvalue weighted by Crippen LogP contribution is -2.15. The highest BCUT2D eigenvalue weighted by atomic mass is 16.5.